The average Bonchev–Trinajstić information content (AvgIpc) is 2.25. The van der Waals surface area contributed by atoms with E-state index in [0.29, 0.717) is 13.0 Å². The number of rotatable bonds is 9. The third kappa shape index (κ3) is 7.74. The zero-order chi connectivity index (χ0) is 13.3. The Bertz CT molecular complexity index is 244. The molecule has 0 aliphatic carbocycles. The van der Waals surface area contributed by atoms with E-state index in [0.717, 1.165) is 19.3 Å². The highest BCUT2D eigenvalue weighted by Crippen LogP contribution is 2.08. The van der Waals surface area contributed by atoms with Crippen LogP contribution in [0, 0.1) is 5.92 Å². The van der Waals surface area contributed by atoms with Gasteiger partial charge in [0.15, 0.2) is 0 Å². The third-order valence-electron chi connectivity index (χ3n) is 2.69. The summed E-state index contributed by atoms with van der Waals surface area (Å²) in [7, 11) is 0. The fourth-order valence-electron chi connectivity index (χ4n) is 1.68. The van der Waals surface area contributed by atoms with E-state index < -0.39 is 5.97 Å². The van der Waals surface area contributed by atoms with Crippen LogP contribution in [0.1, 0.15) is 46.0 Å². The van der Waals surface area contributed by atoms with Crippen LogP contribution < -0.4 is 11.1 Å². The summed E-state index contributed by atoms with van der Waals surface area (Å²) in [6, 6.07) is -0.259. The molecule has 4 N–H and O–H groups in total. The van der Waals surface area contributed by atoms with Gasteiger partial charge in [0.2, 0.25) is 5.91 Å². The largest absolute Gasteiger partial charge is 0.481 e. The van der Waals surface area contributed by atoms with E-state index in [1.807, 2.05) is 13.8 Å². The first-order chi connectivity index (χ1) is 8.01. The van der Waals surface area contributed by atoms with Gasteiger partial charge in [-0.25, -0.2) is 0 Å². The minimum atomic E-state index is -0.877. The van der Waals surface area contributed by atoms with Gasteiger partial charge >= 0.3 is 5.97 Å². The Morgan fingerprint density at radius 2 is 2.00 bits per heavy atom. The van der Waals surface area contributed by atoms with Crippen LogP contribution in [0.25, 0.3) is 0 Å². The molecule has 5 heteroatoms. The predicted octanol–water partition coefficient (Wildman–Crippen LogP) is 1.12. The Morgan fingerprint density at radius 3 is 2.47 bits per heavy atom. The number of amides is 1. The molecule has 0 aliphatic rings. The Labute approximate surface area is 103 Å². The number of carbonyl (C=O) groups is 2. The molecule has 0 rings (SSSR count). The van der Waals surface area contributed by atoms with Gasteiger partial charge in [0.1, 0.15) is 0 Å². The molecule has 1 amide bonds. The topological polar surface area (TPSA) is 92.4 Å². The van der Waals surface area contributed by atoms with Crippen molar-refractivity contribution in [2.45, 2.75) is 52.0 Å². The molecule has 2 unspecified atom stereocenters. The van der Waals surface area contributed by atoms with E-state index in [9.17, 15) is 9.59 Å². The van der Waals surface area contributed by atoms with E-state index in [1.165, 1.54) is 0 Å². The fraction of sp³-hybridized carbons (Fsp3) is 0.833. The van der Waals surface area contributed by atoms with Crippen LogP contribution in [0.3, 0.4) is 0 Å². The minimum absolute atomic E-state index is 0.0107. The maximum absolute atomic E-state index is 11.8. The second kappa shape index (κ2) is 8.98. The van der Waals surface area contributed by atoms with Crippen molar-refractivity contribution in [1.82, 2.24) is 5.32 Å². The Kier molecular flexibility index (Phi) is 8.40. The molecule has 0 aromatic rings. The van der Waals surface area contributed by atoms with Gasteiger partial charge in [-0.1, -0.05) is 20.3 Å². The first kappa shape index (κ1) is 15.9. The van der Waals surface area contributed by atoms with Crippen molar-refractivity contribution in [1.29, 1.82) is 0 Å². The average molecular weight is 244 g/mol. The maximum atomic E-state index is 11.8. The van der Waals surface area contributed by atoms with Crippen LogP contribution >= 0.6 is 0 Å². The van der Waals surface area contributed by atoms with Gasteiger partial charge in [0.05, 0.1) is 6.42 Å². The molecule has 2 atom stereocenters. The molecule has 0 aliphatic heterocycles. The molecule has 0 saturated carbocycles. The lowest BCUT2D eigenvalue weighted by Crippen LogP contribution is -2.39. The number of nitrogens with one attached hydrogen (secondary N) is 1. The summed E-state index contributed by atoms with van der Waals surface area (Å²) in [6.07, 6.45) is 3.10. The van der Waals surface area contributed by atoms with E-state index in [-0.39, 0.29) is 24.3 Å². The van der Waals surface area contributed by atoms with Gasteiger partial charge in [-0.2, -0.15) is 0 Å². The molecule has 100 valence electrons. The first-order valence-electron chi connectivity index (χ1n) is 6.23. The fourth-order valence-corrected chi connectivity index (χ4v) is 1.68. The number of aliphatic carboxylic acids is 1. The molecule has 0 radical (unpaired) electrons. The van der Waals surface area contributed by atoms with Crippen LogP contribution in [-0.2, 0) is 9.59 Å². The maximum Gasteiger partial charge on any atom is 0.305 e. The zero-order valence-corrected chi connectivity index (χ0v) is 10.7. The van der Waals surface area contributed by atoms with Crippen LogP contribution in [0.5, 0.6) is 0 Å². The highest BCUT2D eigenvalue weighted by Gasteiger charge is 2.18. The van der Waals surface area contributed by atoms with E-state index in [4.69, 9.17) is 10.8 Å². The van der Waals surface area contributed by atoms with Gasteiger partial charge in [-0.15, -0.1) is 0 Å². The van der Waals surface area contributed by atoms with E-state index in [1.54, 1.807) is 0 Å². The second-order valence-electron chi connectivity index (χ2n) is 4.42. The molecular formula is C12H24N2O3. The normalized spacial score (nSPS) is 14.1. The van der Waals surface area contributed by atoms with E-state index in [2.05, 4.69) is 5.32 Å². The smallest absolute Gasteiger partial charge is 0.305 e. The molecule has 0 bridgehead atoms. The molecule has 0 heterocycles. The monoisotopic (exact) mass is 244 g/mol. The standard InChI is InChI=1S/C12H24N2O3/c1-3-5-10(8-11(15)16)14-12(17)9(2)6-4-7-13/h9-10H,3-8,13H2,1-2H3,(H,14,17)(H,15,16). The van der Waals surface area contributed by atoms with Gasteiger partial charge < -0.3 is 16.2 Å². The number of nitrogens with two attached hydrogens (primary N) is 1. The molecule has 17 heavy (non-hydrogen) atoms. The lowest BCUT2D eigenvalue weighted by Gasteiger charge is -2.19. The molecular weight excluding hydrogens is 220 g/mol. The molecule has 0 spiro atoms. The molecule has 0 aromatic heterocycles. The predicted molar refractivity (Wildman–Crippen MR) is 66.5 cm³/mol. The Morgan fingerprint density at radius 1 is 1.35 bits per heavy atom. The summed E-state index contributed by atoms with van der Waals surface area (Å²) in [4.78, 5) is 22.4. The summed E-state index contributed by atoms with van der Waals surface area (Å²) in [5.74, 6) is -1.05. The van der Waals surface area contributed by atoms with Crippen molar-refractivity contribution in [2.24, 2.45) is 11.7 Å². The van der Waals surface area contributed by atoms with Gasteiger partial charge in [0.25, 0.3) is 0 Å². The molecule has 0 aromatic carbocycles. The van der Waals surface area contributed by atoms with Gasteiger partial charge in [-0.05, 0) is 25.8 Å². The zero-order valence-electron chi connectivity index (χ0n) is 10.7. The summed E-state index contributed by atoms with van der Waals surface area (Å²) >= 11 is 0. The number of hydrogen-bond acceptors (Lipinski definition) is 3. The molecule has 0 fully saturated rings. The van der Waals surface area contributed by atoms with Crippen molar-refractivity contribution in [2.75, 3.05) is 6.54 Å². The quantitative estimate of drug-likeness (QED) is 0.566. The lowest BCUT2D eigenvalue weighted by atomic mass is 10.0. The summed E-state index contributed by atoms with van der Waals surface area (Å²) in [6.45, 7) is 4.39. The number of carboxylic acid groups (broad SMARTS) is 1. The Hall–Kier alpha value is -1.10. The highest BCUT2D eigenvalue weighted by molar-refractivity contribution is 5.79. The van der Waals surface area contributed by atoms with Crippen LogP contribution in [0.2, 0.25) is 0 Å². The van der Waals surface area contributed by atoms with Gasteiger partial charge in [-0.3, -0.25) is 9.59 Å². The first-order valence-corrected chi connectivity index (χ1v) is 6.23. The minimum Gasteiger partial charge on any atom is -0.481 e. The van der Waals surface area contributed by atoms with Crippen molar-refractivity contribution in [3.8, 4) is 0 Å². The van der Waals surface area contributed by atoms with Gasteiger partial charge in [0, 0.05) is 12.0 Å². The number of carboxylic acids is 1. The Balaban J connectivity index is 4.13. The van der Waals surface area contributed by atoms with Crippen molar-refractivity contribution in [3.05, 3.63) is 0 Å². The highest BCUT2D eigenvalue weighted by atomic mass is 16.4. The van der Waals surface area contributed by atoms with Crippen LogP contribution in [0.15, 0.2) is 0 Å². The van der Waals surface area contributed by atoms with Crippen molar-refractivity contribution in [3.63, 3.8) is 0 Å². The van der Waals surface area contributed by atoms with Crippen molar-refractivity contribution >= 4 is 11.9 Å². The number of carbonyl (C=O) groups excluding carboxylic acids is 1. The van der Waals surface area contributed by atoms with Crippen LogP contribution in [-0.4, -0.2) is 29.6 Å². The summed E-state index contributed by atoms with van der Waals surface area (Å²) in [5.41, 5.74) is 5.38. The second-order valence-corrected chi connectivity index (χ2v) is 4.42. The summed E-state index contributed by atoms with van der Waals surface area (Å²) in [5, 5.41) is 11.5. The lowest BCUT2D eigenvalue weighted by molar-refractivity contribution is -0.137. The summed E-state index contributed by atoms with van der Waals surface area (Å²) < 4.78 is 0. The third-order valence-corrected chi connectivity index (χ3v) is 2.69. The molecule has 0 saturated heterocycles. The van der Waals surface area contributed by atoms with Crippen LogP contribution in [0.4, 0.5) is 0 Å². The molecule has 5 nitrogen and oxygen atoms in total. The van der Waals surface area contributed by atoms with Crippen molar-refractivity contribution < 1.29 is 14.7 Å². The van der Waals surface area contributed by atoms with E-state index >= 15 is 0 Å². The number of hydrogen-bond donors (Lipinski definition) is 3. The SMILES string of the molecule is CCCC(CC(=O)O)NC(=O)C(C)CCCN.